The van der Waals surface area contributed by atoms with Crippen LogP contribution >= 0.6 is 12.4 Å². The highest BCUT2D eigenvalue weighted by Crippen LogP contribution is 2.26. The molecule has 2 N–H and O–H groups in total. The maximum absolute atomic E-state index is 12.0. The fourth-order valence-electron chi connectivity index (χ4n) is 3.09. The first kappa shape index (κ1) is 21.3. The lowest BCUT2D eigenvalue weighted by Gasteiger charge is -2.30. The minimum Gasteiger partial charge on any atom is -0.334 e. The fraction of sp³-hybridized carbons (Fsp3) is 0.526. The number of carbonyl (C=O) groups excluding carboxylic acids is 1. The lowest BCUT2D eigenvalue weighted by atomic mass is 10.1. The van der Waals surface area contributed by atoms with Gasteiger partial charge in [0.15, 0.2) is 5.82 Å². The molecule has 0 aliphatic carbocycles. The van der Waals surface area contributed by atoms with Crippen LogP contribution in [0.5, 0.6) is 0 Å². The summed E-state index contributed by atoms with van der Waals surface area (Å²) in [5.74, 6) is 1.56. The summed E-state index contributed by atoms with van der Waals surface area (Å²) in [5.41, 5.74) is 2.64. The average Bonchev–Trinajstić information content (AvgIpc) is 3.06. The third-order valence-corrected chi connectivity index (χ3v) is 4.59. The van der Waals surface area contributed by atoms with E-state index in [4.69, 9.17) is 4.52 Å². The largest absolute Gasteiger partial charge is 0.334 e. The van der Waals surface area contributed by atoms with Crippen molar-refractivity contribution in [3.05, 3.63) is 29.6 Å². The Morgan fingerprint density at radius 3 is 2.89 bits per heavy atom. The van der Waals surface area contributed by atoms with Gasteiger partial charge in [0.1, 0.15) is 0 Å². The van der Waals surface area contributed by atoms with Crippen molar-refractivity contribution < 1.29 is 9.32 Å². The van der Waals surface area contributed by atoms with Gasteiger partial charge in [0.05, 0.1) is 6.04 Å². The van der Waals surface area contributed by atoms with Crippen molar-refractivity contribution in [1.82, 2.24) is 20.4 Å². The molecule has 1 amide bonds. The van der Waals surface area contributed by atoms with Crippen LogP contribution in [0.3, 0.4) is 0 Å². The summed E-state index contributed by atoms with van der Waals surface area (Å²) in [6.45, 7) is 8.77. The second kappa shape index (κ2) is 9.30. The Balaban J connectivity index is 0.00000261. The molecular weight excluding hydrogens is 366 g/mol. The summed E-state index contributed by atoms with van der Waals surface area (Å²) in [5, 5.41) is 10.5. The Morgan fingerprint density at radius 1 is 1.44 bits per heavy atom. The van der Waals surface area contributed by atoms with Crippen LogP contribution in [-0.4, -0.2) is 47.6 Å². The number of anilines is 1. The molecule has 0 saturated carbocycles. The van der Waals surface area contributed by atoms with E-state index in [1.807, 2.05) is 39.0 Å². The third kappa shape index (κ3) is 5.28. The molecule has 7 nitrogen and oxygen atoms in total. The van der Waals surface area contributed by atoms with Crippen LogP contribution < -0.4 is 10.6 Å². The van der Waals surface area contributed by atoms with Gasteiger partial charge >= 0.3 is 0 Å². The Labute approximate surface area is 166 Å². The molecule has 148 valence electrons. The molecule has 1 aromatic heterocycles. The van der Waals surface area contributed by atoms with Gasteiger partial charge in [-0.1, -0.05) is 19.0 Å². The molecule has 1 atom stereocenters. The van der Waals surface area contributed by atoms with Crippen LogP contribution in [-0.2, 0) is 4.79 Å². The van der Waals surface area contributed by atoms with E-state index in [-0.39, 0.29) is 24.4 Å². The van der Waals surface area contributed by atoms with Crippen molar-refractivity contribution >= 4 is 24.0 Å². The first-order valence-electron chi connectivity index (χ1n) is 9.09. The molecule has 1 saturated heterocycles. The van der Waals surface area contributed by atoms with E-state index in [0.717, 1.165) is 36.4 Å². The smallest absolute Gasteiger partial charge is 0.257 e. The Hall–Kier alpha value is -1.96. The maximum Gasteiger partial charge on any atom is 0.257 e. The molecule has 8 heteroatoms. The Kier molecular flexibility index (Phi) is 7.35. The molecule has 2 aromatic rings. The molecule has 0 spiro atoms. The van der Waals surface area contributed by atoms with Crippen LogP contribution in [0.15, 0.2) is 22.7 Å². The SMILES string of the molecule is Cc1cc(-c2nc(C3CNCCN3C)no2)ccc1NC(=O)CC(C)C.Cl. The number of hydrogen-bond donors (Lipinski definition) is 2. The minimum absolute atomic E-state index is 0. The van der Waals surface area contributed by atoms with Gasteiger partial charge in [-0.3, -0.25) is 9.69 Å². The monoisotopic (exact) mass is 393 g/mol. The van der Waals surface area contributed by atoms with Crippen LogP contribution in [0.1, 0.15) is 37.7 Å². The van der Waals surface area contributed by atoms with Crippen molar-refractivity contribution in [3.8, 4) is 11.5 Å². The molecule has 1 aliphatic rings. The van der Waals surface area contributed by atoms with Gasteiger partial charge in [-0.15, -0.1) is 12.4 Å². The zero-order valence-corrected chi connectivity index (χ0v) is 17.1. The fourth-order valence-corrected chi connectivity index (χ4v) is 3.09. The maximum atomic E-state index is 12.0. The van der Waals surface area contributed by atoms with Gasteiger partial charge in [-0.05, 0) is 43.7 Å². The number of aromatic nitrogens is 2. The molecule has 3 rings (SSSR count). The number of nitrogens with zero attached hydrogens (tertiary/aromatic N) is 3. The zero-order chi connectivity index (χ0) is 18.7. The molecule has 0 bridgehead atoms. The molecule has 1 aromatic carbocycles. The number of rotatable bonds is 5. The third-order valence-electron chi connectivity index (χ3n) is 4.59. The Morgan fingerprint density at radius 2 is 2.22 bits per heavy atom. The standard InChI is InChI=1S/C19H27N5O2.ClH/c1-12(2)9-17(25)21-15-6-5-14(10-13(15)3)19-22-18(23-26-19)16-11-20-7-8-24(16)4;/h5-6,10,12,16,20H,7-9,11H2,1-4H3,(H,21,25);1H. The van der Waals surface area contributed by atoms with E-state index in [1.54, 1.807) is 0 Å². The van der Waals surface area contributed by atoms with Gasteiger partial charge in [0, 0.05) is 37.3 Å². The number of carbonyl (C=O) groups is 1. The van der Waals surface area contributed by atoms with Gasteiger partial charge in [0.25, 0.3) is 5.89 Å². The lowest BCUT2D eigenvalue weighted by Crippen LogP contribution is -2.44. The number of likely N-dealkylation sites (N-methyl/N-ethyl adjacent to an activating group) is 1. The van der Waals surface area contributed by atoms with Crippen molar-refractivity contribution in [2.45, 2.75) is 33.2 Å². The first-order valence-corrected chi connectivity index (χ1v) is 9.09. The normalized spacial score (nSPS) is 17.6. The number of aryl methyl sites for hydroxylation is 1. The van der Waals surface area contributed by atoms with E-state index < -0.39 is 0 Å². The van der Waals surface area contributed by atoms with Crippen LogP contribution in [0.2, 0.25) is 0 Å². The average molecular weight is 394 g/mol. The van der Waals surface area contributed by atoms with Gasteiger partial charge in [0.2, 0.25) is 5.91 Å². The van der Waals surface area contributed by atoms with Crippen molar-refractivity contribution in [1.29, 1.82) is 0 Å². The highest BCUT2D eigenvalue weighted by molar-refractivity contribution is 5.91. The summed E-state index contributed by atoms with van der Waals surface area (Å²) in [6.07, 6.45) is 0.511. The molecular formula is C19H28ClN5O2. The molecule has 27 heavy (non-hydrogen) atoms. The van der Waals surface area contributed by atoms with E-state index in [0.29, 0.717) is 24.1 Å². The lowest BCUT2D eigenvalue weighted by molar-refractivity contribution is -0.116. The quantitative estimate of drug-likeness (QED) is 0.812. The van der Waals surface area contributed by atoms with Gasteiger partial charge in [-0.25, -0.2) is 0 Å². The molecule has 1 aliphatic heterocycles. The van der Waals surface area contributed by atoms with Crippen molar-refractivity contribution in [3.63, 3.8) is 0 Å². The number of nitrogens with one attached hydrogen (secondary N) is 2. The highest BCUT2D eigenvalue weighted by Gasteiger charge is 2.25. The molecule has 1 fully saturated rings. The minimum atomic E-state index is 0. The van der Waals surface area contributed by atoms with E-state index in [9.17, 15) is 4.79 Å². The first-order chi connectivity index (χ1) is 12.4. The van der Waals surface area contributed by atoms with Crippen LogP contribution in [0.4, 0.5) is 5.69 Å². The zero-order valence-electron chi connectivity index (χ0n) is 16.3. The summed E-state index contributed by atoms with van der Waals surface area (Å²) >= 11 is 0. The summed E-state index contributed by atoms with van der Waals surface area (Å²) in [7, 11) is 2.07. The Bertz CT molecular complexity index is 777. The van der Waals surface area contributed by atoms with E-state index in [2.05, 4.69) is 32.7 Å². The number of benzene rings is 1. The summed E-state index contributed by atoms with van der Waals surface area (Å²) in [4.78, 5) is 18.8. The second-order valence-electron chi connectivity index (χ2n) is 7.33. The predicted octanol–water partition coefficient (Wildman–Crippen LogP) is 3.03. The topological polar surface area (TPSA) is 83.3 Å². The van der Waals surface area contributed by atoms with E-state index in [1.165, 1.54) is 0 Å². The van der Waals surface area contributed by atoms with Crippen molar-refractivity contribution in [2.75, 3.05) is 32.0 Å². The van der Waals surface area contributed by atoms with E-state index >= 15 is 0 Å². The summed E-state index contributed by atoms with van der Waals surface area (Å²) in [6, 6.07) is 5.88. The number of piperazine rings is 1. The van der Waals surface area contributed by atoms with Gasteiger partial charge < -0.3 is 15.2 Å². The number of amides is 1. The van der Waals surface area contributed by atoms with Crippen LogP contribution in [0.25, 0.3) is 11.5 Å². The highest BCUT2D eigenvalue weighted by atomic mass is 35.5. The summed E-state index contributed by atoms with van der Waals surface area (Å²) < 4.78 is 5.48. The molecule has 0 radical (unpaired) electrons. The predicted molar refractivity (Wildman–Crippen MR) is 108 cm³/mol. The molecule has 1 unspecified atom stereocenters. The number of halogens is 1. The van der Waals surface area contributed by atoms with Crippen molar-refractivity contribution in [2.24, 2.45) is 5.92 Å². The second-order valence-corrected chi connectivity index (χ2v) is 7.33. The number of hydrogen-bond acceptors (Lipinski definition) is 6. The molecule has 2 heterocycles. The van der Waals surface area contributed by atoms with Crippen LogP contribution in [0, 0.1) is 12.8 Å². The van der Waals surface area contributed by atoms with Gasteiger partial charge in [-0.2, -0.15) is 4.98 Å².